The van der Waals surface area contributed by atoms with E-state index in [0.717, 1.165) is 28.4 Å². The van der Waals surface area contributed by atoms with Gasteiger partial charge in [-0.2, -0.15) is 13.2 Å². The molecule has 1 saturated heterocycles. The van der Waals surface area contributed by atoms with Gasteiger partial charge in [-0.15, -0.1) is 0 Å². The lowest BCUT2D eigenvalue weighted by molar-refractivity contribution is -0.273. The molecule has 190 valence electrons. The molecular formula is C26H29F4IN2O2. The summed E-state index contributed by atoms with van der Waals surface area (Å²) in [5.41, 5.74) is -1.92. The number of benzene rings is 2. The van der Waals surface area contributed by atoms with Crippen molar-refractivity contribution >= 4 is 28.5 Å². The molecule has 1 heterocycles. The molecule has 2 aromatic rings. The van der Waals surface area contributed by atoms with Crippen LogP contribution in [-0.4, -0.2) is 53.4 Å². The summed E-state index contributed by atoms with van der Waals surface area (Å²) in [6.07, 6.45) is -2.94. The third-order valence-corrected chi connectivity index (χ3v) is 8.34. The molecule has 0 radical (unpaired) electrons. The molecule has 1 saturated carbocycles. The smallest absolute Gasteiger partial charge is 0.380 e. The molecule has 35 heavy (non-hydrogen) atoms. The van der Waals surface area contributed by atoms with Crippen LogP contribution in [0.3, 0.4) is 0 Å². The Balaban J connectivity index is 1.49. The van der Waals surface area contributed by atoms with E-state index in [9.17, 15) is 27.5 Å². The van der Waals surface area contributed by atoms with Crippen LogP contribution in [0.25, 0.3) is 0 Å². The Kier molecular flexibility index (Phi) is 7.78. The maximum atomic E-state index is 14.4. The van der Waals surface area contributed by atoms with Gasteiger partial charge in [0.1, 0.15) is 5.82 Å². The number of likely N-dealkylation sites (tertiary alicyclic amines) is 1. The number of hydrogen-bond donors (Lipinski definition) is 2. The van der Waals surface area contributed by atoms with Crippen molar-refractivity contribution in [2.45, 2.75) is 61.8 Å². The number of nitrogens with one attached hydrogen (secondary N) is 1. The normalized spacial score (nSPS) is 20.6. The minimum Gasteiger partial charge on any atom is -0.380 e. The molecule has 2 fully saturated rings. The first-order valence-electron chi connectivity index (χ1n) is 11.8. The fourth-order valence-electron chi connectivity index (χ4n) is 5.12. The van der Waals surface area contributed by atoms with Gasteiger partial charge in [0.05, 0.1) is 5.41 Å². The number of rotatable bonds is 7. The Labute approximate surface area is 216 Å². The highest BCUT2D eigenvalue weighted by Crippen LogP contribution is 2.44. The maximum Gasteiger partial charge on any atom is 0.417 e. The van der Waals surface area contributed by atoms with Crippen molar-refractivity contribution in [1.29, 1.82) is 0 Å². The average Bonchev–Trinajstić information content (AvgIpc) is 2.78. The number of alkyl halides is 3. The summed E-state index contributed by atoms with van der Waals surface area (Å²) in [7, 11) is 0. The Morgan fingerprint density at radius 3 is 2.23 bits per heavy atom. The highest BCUT2D eigenvalue weighted by atomic mass is 127. The van der Waals surface area contributed by atoms with Gasteiger partial charge in [0.15, 0.2) is 5.60 Å². The van der Waals surface area contributed by atoms with Crippen LogP contribution in [0.2, 0.25) is 0 Å². The van der Waals surface area contributed by atoms with E-state index in [-0.39, 0.29) is 37.8 Å². The second-order valence-corrected chi connectivity index (χ2v) is 10.9. The van der Waals surface area contributed by atoms with Crippen LogP contribution in [0.5, 0.6) is 0 Å². The maximum absolute atomic E-state index is 14.4. The molecule has 0 aromatic heterocycles. The van der Waals surface area contributed by atoms with Crippen molar-refractivity contribution in [3.05, 3.63) is 69.0 Å². The van der Waals surface area contributed by atoms with E-state index in [2.05, 4.69) is 27.9 Å². The predicted octanol–water partition coefficient (Wildman–Crippen LogP) is 4.97. The molecule has 1 atom stereocenters. The van der Waals surface area contributed by atoms with Crippen molar-refractivity contribution < 1.29 is 27.5 Å². The zero-order chi connectivity index (χ0) is 25.3. The van der Waals surface area contributed by atoms with E-state index in [4.69, 9.17) is 0 Å². The molecule has 2 N–H and O–H groups in total. The molecule has 0 spiro atoms. The number of aliphatic hydroxyl groups is 1. The van der Waals surface area contributed by atoms with Crippen molar-refractivity contribution in [2.75, 3.05) is 19.6 Å². The Bertz CT molecular complexity index is 1030. The van der Waals surface area contributed by atoms with Gasteiger partial charge in [-0.1, -0.05) is 36.8 Å². The molecule has 0 unspecified atom stereocenters. The molecule has 1 aliphatic carbocycles. The molecule has 9 heteroatoms. The first kappa shape index (κ1) is 26.3. The minimum atomic E-state index is -4.70. The standard InChI is InChI=1S/C26H29F4IN2O2/c27-22-5-2-1-4-18(22)16-21(33-14-12-25(35,13-15-33)26(28,29)30)17-32-23(34)24(10-3-11-24)19-6-8-20(31)9-7-19/h1-2,4-9,21,35H,3,10-17H2,(H,32,34)/t21-/m0/s1. The molecule has 2 aliphatic rings. The minimum absolute atomic E-state index is 0.00721. The average molecular weight is 604 g/mol. The summed E-state index contributed by atoms with van der Waals surface area (Å²) >= 11 is 2.22. The second-order valence-electron chi connectivity index (χ2n) is 9.67. The van der Waals surface area contributed by atoms with Gasteiger partial charge in [-0.3, -0.25) is 9.69 Å². The molecule has 2 aromatic carbocycles. The summed E-state index contributed by atoms with van der Waals surface area (Å²) in [6, 6.07) is 13.8. The number of carbonyl (C=O) groups excluding carboxylic acids is 1. The molecule has 1 aliphatic heterocycles. The monoisotopic (exact) mass is 604 g/mol. The Morgan fingerprint density at radius 1 is 1.06 bits per heavy atom. The number of piperidine rings is 1. The quantitative estimate of drug-likeness (QED) is 0.347. The van der Waals surface area contributed by atoms with E-state index in [1.165, 1.54) is 6.07 Å². The number of amides is 1. The summed E-state index contributed by atoms with van der Waals surface area (Å²) in [5.74, 6) is -0.491. The first-order chi connectivity index (χ1) is 16.5. The van der Waals surface area contributed by atoms with Crippen molar-refractivity contribution in [2.24, 2.45) is 0 Å². The van der Waals surface area contributed by atoms with Crippen LogP contribution in [0.1, 0.15) is 43.2 Å². The summed E-state index contributed by atoms with van der Waals surface area (Å²) in [6.45, 7) is 0.199. The Morgan fingerprint density at radius 2 is 1.69 bits per heavy atom. The molecule has 1 amide bonds. The van der Waals surface area contributed by atoms with E-state index >= 15 is 0 Å². The lowest BCUT2D eigenvalue weighted by atomic mass is 9.64. The van der Waals surface area contributed by atoms with E-state index in [1.807, 2.05) is 29.2 Å². The van der Waals surface area contributed by atoms with E-state index < -0.39 is 36.1 Å². The van der Waals surface area contributed by atoms with Crippen molar-refractivity contribution in [3.63, 3.8) is 0 Å². The number of nitrogens with zero attached hydrogens (tertiary/aromatic N) is 1. The molecule has 0 bridgehead atoms. The van der Waals surface area contributed by atoms with Crippen LogP contribution in [0.4, 0.5) is 17.6 Å². The van der Waals surface area contributed by atoms with E-state index in [0.29, 0.717) is 5.56 Å². The lowest BCUT2D eigenvalue weighted by Crippen LogP contribution is -2.58. The van der Waals surface area contributed by atoms with E-state index in [1.54, 1.807) is 18.2 Å². The molecule has 4 rings (SSSR count). The van der Waals surface area contributed by atoms with Crippen LogP contribution in [0, 0.1) is 9.39 Å². The van der Waals surface area contributed by atoms with Crippen LogP contribution < -0.4 is 5.32 Å². The van der Waals surface area contributed by atoms with Gasteiger partial charge in [0.25, 0.3) is 0 Å². The number of halogens is 5. The molecule has 4 nitrogen and oxygen atoms in total. The second kappa shape index (κ2) is 10.3. The fraction of sp³-hybridized carbons (Fsp3) is 0.500. The fourth-order valence-corrected chi connectivity index (χ4v) is 5.48. The zero-order valence-electron chi connectivity index (χ0n) is 19.3. The SMILES string of the molecule is O=C(NC[C@H](Cc1ccccc1F)N1CCC(O)(C(F)(F)F)CC1)C1(c2ccc(I)cc2)CCC1. The van der Waals surface area contributed by atoms with Gasteiger partial charge in [-0.25, -0.2) is 4.39 Å². The van der Waals surface area contributed by atoms with Gasteiger partial charge >= 0.3 is 6.18 Å². The summed E-state index contributed by atoms with van der Waals surface area (Å²) in [4.78, 5) is 15.2. The molecular weight excluding hydrogens is 575 g/mol. The number of carbonyl (C=O) groups is 1. The summed E-state index contributed by atoms with van der Waals surface area (Å²) in [5, 5.41) is 13.1. The first-order valence-corrected chi connectivity index (χ1v) is 12.9. The highest BCUT2D eigenvalue weighted by Gasteiger charge is 2.55. The van der Waals surface area contributed by atoms with Crippen LogP contribution in [-0.2, 0) is 16.6 Å². The van der Waals surface area contributed by atoms with Gasteiger partial charge in [0.2, 0.25) is 5.91 Å². The third-order valence-electron chi connectivity index (χ3n) is 7.62. The number of hydrogen-bond acceptors (Lipinski definition) is 3. The van der Waals surface area contributed by atoms with Crippen molar-refractivity contribution in [1.82, 2.24) is 10.2 Å². The van der Waals surface area contributed by atoms with Crippen LogP contribution in [0.15, 0.2) is 48.5 Å². The largest absolute Gasteiger partial charge is 0.417 e. The lowest BCUT2D eigenvalue weighted by Gasteiger charge is -2.44. The van der Waals surface area contributed by atoms with Crippen molar-refractivity contribution in [3.8, 4) is 0 Å². The predicted molar refractivity (Wildman–Crippen MR) is 133 cm³/mol. The topological polar surface area (TPSA) is 52.6 Å². The van der Waals surface area contributed by atoms with Gasteiger partial charge in [-0.05, 0) is 84.0 Å². The zero-order valence-corrected chi connectivity index (χ0v) is 21.4. The van der Waals surface area contributed by atoms with Crippen LogP contribution >= 0.6 is 22.6 Å². The third kappa shape index (κ3) is 5.51. The van der Waals surface area contributed by atoms with Gasteiger partial charge < -0.3 is 10.4 Å². The van der Waals surface area contributed by atoms with Gasteiger partial charge in [0, 0.05) is 29.2 Å². The Hall–Kier alpha value is -1.72. The highest BCUT2D eigenvalue weighted by molar-refractivity contribution is 14.1. The summed E-state index contributed by atoms with van der Waals surface area (Å²) < 4.78 is 55.4.